The van der Waals surface area contributed by atoms with Crippen molar-refractivity contribution in [2.45, 2.75) is 25.7 Å². The Balaban J connectivity index is 2.46. The Kier molecular flexibility index (Phi) is 1.68. The Labute approximate surface area is 74.7 Å². The van der Waals surface area contributed by atoms with Crippen LogP contribution in [0.4, 0.5) is 0 Å². The molecule has 0 bridgehead atoms. The van der Waals surface area contributed by atoms with Crippen LogP contribution >= 0.6 is 11.6 Å². The van der Waals surface area contributed by atoms with E-state index in [0.29, 0.717) is 11.5 Å². The maximum Gasteiger partial charge on any atom is 0.237 e. The van der Waals surface area contributed by atoms with Gasteiger partial charge in [0.1, 0.15) is 0 Å². The summed E-state index contributed by atoms with van der Waals surface area (Å²) in [5.74, 6) is 0.336. The summed E-state index contributed by atoms with van der Waals surface area (Å²) in [5.41, 5.74) is 1.21. The lowest BCUT2D eigenvalue weighted by atomic mass is 10.1. The monoisotopic (exact) mass is 185 g/mol. The highest BCUT2D eigenvalue weighted by Gasteiger charge is 2.32. The Morgan fingerprint density at radius 1 is 1.67 bits per heavy atom. The van der Waals surface area contributed by atoms with Gasteiger partial charge in [0, 0.05) is 5.92 Å². The molecule has 0 saturated heterocycles. The zero-order chi connectivity index (χ0) is 8.72. The van der Waals surface area contributed by atoms with Crippen molar-refractivity contribution >= 4 is 17.4 Å². The van der Waals surface area contributed by atoms with Gasteiger partial charge in [0.05, 0.1) is 11.3 Å². The van der Waals surface area contributed by atoms with Gasteiger partial charge in [-0.1, -0.05) is 5.16 Å². The predicted molar refractivity (Wildman–Crippen MR) is 43.5 cm³/mol. The predicted octanol–water partition coefficient (Wildman–Crippen LogP) is 2.41. The minimum atomic E-state index is -0.0665. The highest BCUT2D eigenvalue weighted by atomic mass is 35.5. The van der Waals surface area contributed by atoms with Crippen LogP contribution in [0.3, 0.4) is 0 Å². The normalized spacial score (nSPS) is 16.5. The molecule has 2 rings (SSSR count). The molecule has 1 saturated carbocycles. The lowest BCUT2D eigenvalue weighted by molar-refractivity contribution is 0.101. The summed E-state index contributed by atoms with van der Waals surface area (Å²) in [6.45, 7) is 1.48. The summed E-state index contributed by atoms with van der Waals surface area (Å²) in [5, 5.41) is 3.90. The van der Waals surface area contributed by atoms with Gasteiger partial charge >= 0.3 is 0 Å². The van der Waals surface area contributed by atoms with Crippen molar-refractivity contribution in [2.75, 3.05) is 0 Å². The number of halogens is 1. The fourth-order valence-electron chi connectivity index (χ4n) is 1.24. The topological polar surface area (TPSA) is 43.1 Å². The summed E-state index contributed by atoms with van der Waals surface area (Å²) in [4.78, 5) is 11.1. The minimum Gasteiger partial charge on any atom is -0.343 e. The standard InChI is InChI=1S/C8H8ClNO2/c1-4(11)6-7(5-2-3-5)10-12-8(6)9/h5H,2-3H2,1H3. The van der Waals surface area contributed by atoms with Crippen LogP contribution in [0, 0.1) is 0 Å². The highest BCUT2D eigenvalue weighted by molar-refractivity contribution is 6.32. The molecule has 0 atom stereocenters. The molecule has 0 radical (unpaired) electrons. The maximum atomic E-state index is 11.1. The van der Waals surface area contributed by atoms with E-state index in [1.807, 2.05) is 0 Å². The van der Waals surface area contributed by atoms with Crippen LogP contribution in [-0.2, 0) is 0 Å². The van der Waals surface area contributed by atoms with Crippen LogP contribution in [-0.4, -0.2) is 10.9 Å². The molecule has 1 aliphatic carbocycles. The van der Waals surface area contributed by atoms with Crippen LogP contribution in [0.2, 0.25) is 5.22 Å². The van der Waals surface area contributed by atoms with Crippen LogP contribution in [0.1, 0.15) is 41.7 Å². The number of hydrogen-bond donors (Lipinski definition) is 0. The van der Waals surface area contributed by atoms with Crippen LogP contribution in [0.25, 0.3) is 0 Å². The van der Waals surface area contributed by atoms with E-state index in [-0.39, 0.29) is 11.0 Å². The summed E-state index contributed by atoms with van der Waals surface area (Å²) < 4.78 is 4.75. The second-order valence-electron chi connectivity index (χ2n) is 3.05. The van der Waals surface area contributed by atoms with E-state index in [9.17, 15) is 4.79 Å². The fraction of sp³-hybridized carbons (Fsp3) is 0.500. The quantitative estimate of drug-likeness (QED) is 0.665. The first-order valence-corrected chi connectivity index (χ1v) is 4.24. The van der Waals surface area contributed by atoms with Gasteiger partial charge in [-0.05, 0) is 31.4 Å². The first kappa shape index (κ1) is 7.80. The lowest BCUT2D eigenvalue weighted by Gasteiger charge is -1.91. The van der Waals surface area contributed by atoms with Gasteiger partial charge in [-0.2, -0.15) is 0 Å². The number of aromatic nitrogens is 1. The van der Waals surface area contributed by atoms with Gasteiger partial charge in [0.25, 0.3) is 0 Å². The summed E-state index contributed by atoms with van der Waals surface area (Å²) in [6, 6.07) is 0. The van der Waals surface area contributed by atoms with Crippen molar-refractivity contribution in [1.82, 2.24) is 5.16 Å². The summed E-state index contributed by atoms with van der Waals surface area (Å²) in [6.07, 6.45) is 2.17. The van der Waals surface area contributed by atoms with Crippen LogP contribution in [0.15, 0.2) is 4.52 Å². The molecule has 0 amide bonds. The Morgan fingerprint density at radius 2 is 2.33 bits per heavy atom. The van der Waals surface area contributed by atoms with E-state index >= 15 is 0 Å². The zero-order valence-electron chi connectivity index (χ0n) is 6.63. The third-order valence-electron chi connectivity index (χ3n) is 1.99. The van der Waals surface area contributed by atoms with E-state index in [4.69, 9.17) is 16.1 Å². The van der Waals surface area contributed by atoms with Gasteiger partial charge in [0.15, 0.2) is 5.78 Å². The van der Waals surface area contributed by atoms with Crippen molar-refractivity contribution in [3.63, 3.8) is 0 Å². The molecule has 0 spiro atoms. The molecular formula is C8H8ClNO2. The van der Waals surface area contributed by atoms with Crippen molar-refractivity contribution in [2.24, 2.45) is 0 Å². The number of nitrogens with zero attached hydrogens (tertiary/aromatic N) is 1. The zero-order valence-corrected chi connectivity index (χ0v) is 7.39. The third kappa shape index (κ3) is 1.14. The average molecular weight is 186 g/mol. The number of carbonyl (C=O) groups excluding carboxylic acids is 1. The molecule has 1 fully saturated rings. The first-order valence-electron chi connectivity index (χ1n) is 3.86. The van der Waals surface area contributed by atoms with Crippen molar-refractivity contribution < 1.29 is 9.32 Å². The van der Waals surface area contributed by atoms with Gasteiger partial charge in [-0.3, -0.25) is 4.79 Å². The SMILES string of the molecule is CC(=O)c1c(C2CC2)noc1Cl. The van der Waals surface area contributed by atoms with Gasteiger partial charge < -0.3 is 4.52 Å². The van der Waals surface area contributed by atoms with E-state index < -0.39 is 0 Å². The molecule has 12 heavy (non-hydrogen) atoms. The van der Waals surface area contributed by atoms with E-state index in [1.165, 1.54) is 6.92 Å². The van der Waals surface area contributed by atoms with Crippen LogP contribution < -0.4 is 0 Å². The van der Waals surface area contributed by atoms with E-state index in [0.717, 1.165) is 18.5 Å². The highest BCUT2D eigenvalue weighted by Crippen LogP contribution is 2.42. The average Bonchev–Trinajstić information content (AvgIpc) is 2.75. The summed E-state index contributed by atoms with van der Waals surface area (Å²) in [7, 11) is 0. The van der Waals surface area contributed by atoms with Crippen molar-refractivity contribution in [1.29, 1.82) is 0 Å². The van der Waals surface area contributed by atoms with Crippen molar-refractivity contribution in [3.05, 3.63) is 16.5 Å². The van der Waals surface area contributed by atoms with Crippen LogP contribution in [0.5, 0.6) is 0 Å². The molecule has 0 aromatic carbocycles. The van der Waals surface area contributed by atoms with E-state index in [2.05, 4.69) is 5.16 Å². The lowest BCUT2D eigenvalue weighted by Crippen LogP contribution is -1.95. The molecule has 64 valence electrons. The van der Waals surface area contributed by atoms with Gasteiger partial charge in [-0.25, -0.2) is 0 Å². The molecule has 3 nitrogen and oxygen atoms in total. The van der Waals surface area contributed by atoms with Gasteiger partial charge in [0.2, 0.25) is 5.22 Å². The Morgan fingerprint density at radius 3 is 2.83 bits per heavy atom. The second kappa shape index (κ2) is 2.59. The number of Topliss-reactive ketones (excluding diaryl/α,β-unsaturated/α-hetero) is 1. The number of carbonyl (C=O) groups is 1. The molecule has 1 aliphatic rings. The molecule has 0 N–H and O–H groups in total. The molecule has 1 aromatic rings. The molecule has 1 heterocycles. The molecule has 1 aromatic heterocycles. The number of rotatable bonds is 2. The number of ketones is 1. The van der Waals surface area contributed by atoms with E-state index in [1.54, 1.807) is 0 Å². The fourth-order valence-corrected chi connectivity index (χ4v) is 1.50. The third-order valence-corrected chi connectivity index (χ3v) is 2.25. The molecule has 0 aliphatic heterocycles. The number of hydrogen-bond acceptors (Lipinski definition) is 3. The van der Waals surface area contributed by atoms with Crippen molar-refractivity contribution in [3.8, 4) is 0 Å². The largest absolute Gasteiger partial charge is 0.343 e. The second-order valence-corrected chi connectivity index (χ2v) is 3.39. The Bertz CT molecular complexity index is 328. The molecule has 4 heteroatoms. The first-order chi connectivity index (χ1) is 5.70. The minimum absolute atomic E-state index is 0.0665. The molecule has 0 unspecified atom stereocenters. The maximum absolute atomic E-state index is 11.1. The van der Waals surface area contributed by atoms with Gasteiger partial charge in [-0.15, -0.1) is 0 Å². The smallest absolute Gasteiger partial charge is 0.237 e. The Hall–Kier alpha value is -0.830. The molecular weight excluding hydrogens is 178 g/mol. The summed E-state index contributed by atoms with van der Waals surface area (Å²) >= 11 is 5.66.